The van der Waals surface area contributed by atoms with Crippen LogP contribution in [0.4, 0.5) is 0 Å². The van der Waals surface area contributed by atoms with Crippen LogP contribution in [0.15, 0.2) is 29.4 Å². The molecule has 2 aliphatic heterocycles. The number of hydrogen-bond acceptors (Lipinski definition) is 5. The zero-order valence-electron chi connectivity index (χ0n) is 15.6. The standard InChI is InChI=1S/C19H30N4OS/c1-16(25-17-7-4-5-10-20-17)18(24)23-12-6-11-22(3)19(15-23)8-13-21(2)14-9-19/h4-5,7,10,16H,6,8-9,11-15H2,1-3H3/t16-/m0/s1. The van der Waals surface area contributed by atoms with E-state index in [2.05, 4.69) is 33.8 Å². The molecule has 3 rings (SSSR count). The van der Waals surface area contributed by atoms with E-state index in [-0.39, 0.29) is 16.7 Å². The van der Waals surface area contributed by atoms with Gasteiger partial charge >= 0.3 is 0 Å². The highest BCUT2D eigenvalue weighted by molar-refractivity contribution is 8.00. The quantitative estimate of drug-likeness (QED) is 0.771. The Morgan fingerprint density at radius 3 is 2.64 bits per heavy atom. The third-order valence-corrected chi connectivity index (χ3v) is 6.77. The maximum absolute atomic E-state index is 13.1. The summed E-state index contributed by atoms with van der Waals surface area (Å²) in [5, 5.41) is 0.825. The smallest absolute Gasteiger partial charge is 0.235 e. The molecule has 0 unspecified atom stereocenters. The van der Waals surface area contributed by atoms with Crippen molar-refractivity contribution in [3.8, 4) is 0 Å². The molecule has 0 aliphatic carbocycles. The van der Waals surface area contributed by atoms with Crippen molar-refractivity contribution in [1.29, 1.82) is 0 Å². The number of nitrogens with zero attached hydrogens (tertiary/aromatic N) is 4. The number of aromatic nitrogens is 1. The summed E-state index contributed by atoms with van der Waals surface area (Å²) >= 11 is 1.56. The van der Waals surface area contributed by atoms with E-state index in [1.54, 1.807) is 18.0 Å². The molecule has 25 heavy (non-hydrogen) atoms. The summed E-state index contributed by atoms with van der Waals surface area (Å²) in [6, 6.07) is 5.86. The Labute approximate surface area is 155 Å². The van der Waals surface area contributed by atoms with Gasteiger partial charge in [-0.05, 0) is 65.5 Å². The van der Waals surface area contributed by atoms with Crippen molar-refractivity contribution in [2.24, 2.45) is 0 Å². The second-order valence-electron chi connectivity index (χ2n) is 7.49. The molecule has 0 N–H and O–H groups in total. The zero-order chi connectivity index (χ0) is 17.9. The molecule has 0 aromatic carbocycles. The van der Waals surface area contributed by atoms with Crippen LogP contribution < -0.4 is 0 Å². The Morgan fingerprint density at radius 2 is 1.96 bits per heavy atom. The number of carbonyl (C=O) groups is 1. The van der Waals surface area contributed by atoms with E-state index < -0.39 is 0 Å². The van der Waals surface area contributed by atoms with Crippen molar-refractivity contribution in [2.45, 2.75) is 42.0 Å². The van der Waals surface area contributed by atoms with Crippen molar-refractivity contribution < 1.29 is 4.79 Å². The molecule has 2 aliphatic rings. The van der Waals surface area contributed by atoms with Crippen LogP contribution in [-0.4, -0.2) is 83.2 Å². The first kappa shape index (κ1) is 18.7. The van der Waals surface area contributed by atoms with Crippen LogP contribution in [0.2, 0.25) is 0 Å². The summed E-state index contributed by atoms with van der Waals surface area (Å²) in [5.41, 5.74) is 0.147. The molecular formula is C19H30N4OS. The van der Waals surface area contributed by atoms with Crippen molar-refractivity contribution in [1.82, 2.24) is 19.7 Å². The van der Waals surface area contributed by atoms with E-state index in [0.29, 0.717) is 0 Å². The highest BCUT2D eigenvalue weighted by Gasteiger charge is 2.41. The molecule has 1 aromatic heterocycles. The summed E-state index contributed by atoms with van der Waals surface area (Å²) in [5.74, 6) is 0.254. The molecule has 1 atom stereocenters. The van der Waals surface area contributed by atoms with Crippen molar-refractivity contribution in [2.75, 3.05) is 46.8 Å². The van der Waals surface area contributed by atoms with Crippen LogP contribution in [0.25, 0.3) is 0 Å². The molecule has 5 nitrogen and oxygen atoms in total. The number of rotatable bonds is 3. The van der Waals surface area contributed by atoms with Crippen molar-refractivity contribution in [3.63, 3.8) is 0 Å². The van der Waals surface area contributed by atoms with E-state index in [0.717, 1.165) is 57.0 Å². The Morgan fingerprint density at radius 1 is 1.20 bits per heavy atom. The van der Waals surface area contributed by atoms with Crippen LogP contribution in [-0.2, 0) is 4.79 Å². The molecule has 6 heteroatoms. The molecule has 0 radical (unpaired) electrons. The van der Waals surface area contributed by atoms with Crippen molar-refractivity contribution in [3.05, 3.63) is 24.4 Å². The maximum atomic E-state index is 13.1. The monoisotopic (exact) mass is 362 g/mol. The first-order chi connectivity index (χ1) is 12.0. The average Bonchev–Trinajstić information content (AvgIpc) is 2.77. The van der Waals surface area contributed by atoms with Gasteiger partial charge in [-0.1, -0.05) is 17.8 Å². The molecule has 3 heterocycles. The Balaban J connectivity index is 1.69. The van der Waals surface area contributed by atoms with Gasteiger partial charge < -0.3 is 9.80 Å². The molecular weight excluding hydrogens is 332 g/mol. The highest BCUT2D eigenvalue weighted by Crippen LogP contribution is 2.32. The maximum Gasteiger partial charge on any atom is 0.235 e. The number of carbonyl (C=O) groups excluding carboxylic acids is 1. The van der Waals surface area contributed by atoms with Crippen LogP contribution in [0.3, 0.4) is 0 Å². The minimum atomic E-state index is -0.0957. The van der Waals surface area contributed by atoms with E-state index >= 15 is 0 Å². The van der Waals surface area contributed by atoms with E-state index in [1.165, 1.54) is 0 Å². The summed E-state index contributed by atoms with van der Waals surface area (Å²) < 4.78 is 0. The van der Waals surface area contributed by atoms with Gasteiger partial charge in [-0.25, -0.2) is 4.98 Å². The Bertz CT molecular complexity index is 574. The van der Waals surface area contributed by atoms with Crippen LogP contribution >= 0.6 is 11.8 Å². The molecule has 1 amide bonds. The Kier molecular flexibility index (Phi) is 6.02. The first-order valence-electron chi connectivity index (χ1n) is 9.26. The normalized spacial score (nSPS) is 23.4. The highest BCUT2D eigenvalue weighted by atomic mass is 32.2. The lowest BCUT2D eigenvalue weighted by Gasteiger charge is -2.47. The molecule has 138 valence electrons. The molecule has 1 aromatic rings. The summed E-state index contributed by atoms with van der Waals surface area (Å²) in [4.78, 5) is 24.5. The number of likely N-dealkylation sites (N-methyl/N-ethyl adjacent to an activating group) is 1. The van der Waals surface area contributed by atoms with Gasteiger partial charge in [0.1, 0.15) is 0 Å². The Hall–Kier alpha value is -1.11. The lowest BCUT2D eigenvalue weighted by Crippen LogP contribution is -2.58. The van der Waals surface area contributed by atoms with Gasteiger partial charge in [0.05, 0.1) is 10.3 Å². The molecule has 2 fully saturated rings. The fourth-order valence-electron chi connectivity index (χ4n) is 3.96. The third-order valence-electron chi connectivity index (χ3n) is 5.73. The van der Waals surface area contributed by atoms with Crippen LogP contribution in [0.1, 0.15) is 26.2 Å². The average molecular weight is 363 g/mol. The van der Waals surface area contributed by atoms with Crippen LogP contribution in [0.5, 0.6) is 0 Å². The summed E-state index contributed by atoms with van der Waals surface area (Å²) in [6.45, 7) is 7.05. The summed E-state index contributed by atoms with van der Waals surface area (Å²) in [7, 11) is 4.43. The van der Waals surface area contributed by atoms with Gasteiger partial charge in [0.2, 0.25) is 5.91 Å². The van der Waals surface area contributed by atoms with Gasteiger partial charge in [0.25, 0.3) is 0 Å². The minimum absolute atomic E-state index is 0.0957. The van der Waals surface area contributed by atoms with E-state index in [9.17, 15) is 4.79 Å². The second kappa shape index (κ2) is 8.06. The number of amides is 1. The van der Waals surface area contributed by atoms with Gasteiger partial charge in [-0.3, -0.25) is 9.69 Å². The fourth-order valence-corrected chi connectivity index (χ4v) is 4.85. The van der Waals surface area contributed by atoms with Gasteiger partial charge in [0.15, 0.2) is 0 Å². The van der Waals surface area contributed by atoms with E-state index in [4.69, 9.17) is 0 Å². The molecule has 2 saturated heterocycles. The lowest BCUT2D eigenvalue weighted by molar-refractivity contribution is -0.132. The number of pyridine rings is 1. The van der Waals surface area contributed by atoms with Gasteiger partial charge in [-0.2, -0.15) is 0 Å². The number of hydrogen-bond donors (Lipinski definition) is 0. The van der Waals surface area contributed by atoms with Gasteiger partial charge in [0, 0.05) is 31.4 Å². The largest absolute Gasteiger partial charge is 0.340 e. The third kappa shape index (κ3) is 4.36. The van der Waals surface area contributed by atoms with E-state index in [1.807, 2.05) is 25.1 Å². The number of piperidine rings is 1. The molecule has 1 spiro atoms. The van der Waals surface area contributed by atoms with Crippen LogP contribution in [0, 0.1) is 0 Å². The number of likely N-dealkylation sites (tertiary alicyclic amines) is 1. The second-order valence-corrected chi connectivity index (χ2v) is 8.85. The predicted molar refractivity (Wildman–Crippen MR) is 103 cm³/mol. The zero-order valence-corrected chi connectivity index (χ0v) is 16.5. The number of thioether (sulfide) groups is 1. The molecule has 0 saturated carbocycles. The first-order valence-corrected chi connectivity index (χ1v) is 10.1. The summed E-state index contributed by atoms with van der Waals surface area (Å²) in [6.07, 6.45) is 5.13. The SMILES string of the molecule is C[C@H](Sc1ccccn1)C(=O)N1CCCN(C)C2(CCN(C)CC2)C1. The lowest BCUT2D eigenvalue weighted by atomic mass is 9.85. The molecule has 0 bridgehead atoms. The van der Waals surface area contributed by atoms with Gasteiger partial charge in [-0.15, -0.1) is 0 Å². The fraction of sp³-hybridized carbons (Fsp3) is 0.684. The predicted octanol–water partition coefficient (Wildman–Crippen LogP) is 2.19. The minimum Gasteiger partial charge on any atom is -0.340 e. The topological polar surface area (TPSA) is 39.7 Å². The van der Waals surface area contributed by atoms with Crippen molar-refractivity contribution >= 4 is 17.7 Å².